The van der Waals surface area contributed by atoms with Crippen LogP contribution < -0.4 is 4.74 Å². The molecule has 10 heavy (non-hydrogen) atoms. The van der Waals surface area contributed by atoms with Gasteiger partial charge in [0.15, 0.2) is 0 Å². The second kappa shape index (κ2) is 3.22. The van der Waals surface area contributed by atoms with Crippen molar-refractivity contribution >= 4 is 0 Å². The number of methoxy groups -OCH3 is 1. The number of rotatable bonds is 2. The van der Waals surface area contributed by atoms with Crippen LogP contribution in [0.3, 0.4) is 0 Å². The lowest BCUT2D eigenvalue weighted by molar-refractivity contribution is 0.281. The average molecular weight is 147 g/mol. The van der Waals surface area contributed by atoms with Crippen LogP contribution in [0.15, 0.2) is 24.2 Å². The first kappa shape index (κ1) is 1.77. The van der Waals surface area contributed by atoms with Gasteiger partial charge in [0.05, 0.1) is 25.9 Å². The van der Waals surface area contributed by atoms with E-state index in [2.05, 4.69) is 4.74 Å². The molecule has 0 aliphatic heterocycles. The molecule has 0 heterocycles. The Morgan fingerprint density at radius 1 is 1.70 bits per heavy atom. The van der Waals surface area contributed by atoms with Gasteiger partial charge in [-0.25, -0.2) is 0 Å². The molecule has 0 unspecified atom stereocenters. The zero-order valence-corrected chi connectivity index (χ0v) is 4.86. The fourth-order valence-electron chi connectivity index (χ4n) is 0.408. The van der Waals surface area contributed by atoms with E-state index in [0.717, 1.165) is 0 Å². The maximum Gasteiger partial charge on any atom is 0.118 e. The van der Waals surface area contributed by atoms with Crippen molar-refractivity contribution in [2.45, 2.75) is 6.56 Å². The highest BCUT2D eigenvalue weighted by Crippen LogP contribution is 2.10. The van der Waals surface area contributed by atoms with Gasteiger partial charge in [0, 0.05) is 0 Å². The Labute approximate surface area is 72.7 Å². The summed E-state index contributed by atoms with van der Waals surface area (Å²) in [7, 11) is -2.97. The van der Waals surface area contributed by atoms with Crippen LogP contribution in [0.25, 0.3) is 0 Å². The van der Waals surface area contributed by atoms with E-state index < -0.39 is 49.1 Å². The number of hydrogen-bond donors (Lipinski definition) is 1. The Kier molecular flexibility index (Phi) is 0.570. The predicted octanol–water partition coefficient (Wildman–Crippen LogP) is 1.19. The van der Waals surface area contributed by atoms with Crippen LogP contribution in [-0.2, 0) is 6.56 Å². The maximum absolute atomic E-state index is 9.20. The van der Waals surface area contributed by atoms with E-state index in [9.17, 15) is 5.11 Å². The highest BCUT2D eigenvalue weighted by atomic mass is 16.5. The van der Waals surface area contributed by atoms with Crippen molar-refractivity contribution < 1.29 is 22.2 Å². The van der Waals surface area contributed by atoms with Gasteiger partial charge < -0.3 is 9.84 Å². The van der Waals surface area contributed by atoms with Crippen molar-refractivity contribution in [3.8, 4) is 5.75 Å². The number of benzene rings is 1. The van der Waals surface area contributed by atoms with Crippen LogP contribution in [0.4, 0.5) is 0 Å². The van der Waals surface area contributed by atoms with Gasteiger partial charge in [0.1, 0.15) is 5.75 Å². The van der Waals surface area contributed by atoms with Gasteiger partial charge in [0.2, 0.25) is 0 Å². The van der Waals surface area contributed by atoms with Crippen molar-refractivity contribution in [3.05, 3.63) is 29.7 Å². The van der Waals surface area contributed by atoms with Gasteiger partial charge in [-0.3, -0.25) is 0 Å². The predicted molar refractivity (Wildman–Crippen MR) is 38.9 cm³/mol. The van der Waals surface area contributed by atoms with Crippen LogP contribution in [0.2, 0.25) is 0 Å². The number of ether oxygens (including phenoxy) is 1. The molecule has 0 aliphatic carbocycles. The van der Waals surface area contributed by atoms with E-state index in [1.54, 1.807) is 0 Å². The van der Waals surface area contributed by atoms with Gasteiger partial charge >= 0.3 is 0 Å². The molecule has 2 heteroatoms. The third-order valence-corrected chi connectivity index (χ3v) is 0.816. The monoisotopic (exact) mass is 147 g/mol. The molecule has 0 atom stereocenters. The third-order valence-electron chi connectivity index (χ3n) is 0.816. The molecule has 2 nitrogen and oxygen atoms in total. The van der Waals surface area contributed by atoms with Gasteiger partial charge in [-0.05, 0) is 17.6 Å². The third kappa shape index (κ3) is 1.48. The molecule has 1 aromatic carbocycles. The molecule has 1 aromatic rings. The van der Waals surface area contributed by atoms with E-state index >= 15 is 0 Å². The summed E-state index contributed by atoms with van der Waals surface area (Å²) in [5.74, 6) is -0.817. The zero-order valence-electron chi connectivity index (χ0n) is 13.9. The van der Waals surface area contributed by atoms with Crippen molar-refractivity contribution in [2.75, 3.05) is 7.04 Å². The first-order valence-electron chi connectivity index (χ1n) is 6.88. The summed E-state index contributed by atoms with van der Waals surface area (Å²) in [5, 5.41) is 9.20. The molecule has 1 rings (SSSR count). The largest absolute Gasteiger partial charge is 0.497 e. The molecule has 0 aliphatic rings. The Morgan fingerprint density at radius 2 is 2.40 bits per heavy atom. The summed E-state index contributed by atoms with van der Waals surface area (Å²) in [6, 6.07) is -3.53. The first-order chi connectivity index (χ1) is 8.36. The van der Waals surface area contributed by atoms with Crippen molar-refractivity contribution in [1.29, 1.82) is 0 Å². The molecule has 0 fully saturated rings. The normalized spacial score (nSPS) is 25.1. The SMILES string of the molecule is [2H]c1c([2H])c(C([2H])([2H])O)c([2H])c([2H])c1OC([2H])([2H])[2H]. The van der Waals surface area contributed by atoms with Crippen LogP contribution in [0.5, 0.6) is 5.75 Å². The first-order valence-corrected chi connectivity index (χ1v) is 2.38. The summed E-state index contributed by atoms with van der Waals surface area (Å²) in [6.07, 6.45) is 0. The topological polar surface area (TPSA) is 29.5 Å². The lowest BCUT2D eigenvalue weighted by Crippen LogP contribution is -1.84. The van der Waals surface area contributed by atoms with Gasteiger partial charge in [-0.15, -0.1) is 0 Å². The zero-order chi connectivity index (χ0) is 15.2. The van der Waals surface area contributed by atoms with E-state index in [-0.39, 0.29) is 0 Å². The summed E-state index contributed by atoms with van der Waals surface area (Å²) in [4.78, 5) is 0. The molecule has 0 amide bonds. The molecular formula is C8H10O2. The molecule has 54 valence electrons. The summed E-state index contributed by atoms with van der Waals surface area (Å²) in [5.41, 5.74) is -0.875. The molecule has 0 aromatic heterocycles. The summed E-state index contributed by atoms with van der Waals surface area (Å²) >= 11 is 0. The Morgan fingerprint density at radius 3 is 2.90 bits per heavy atom. The van der Waals surface area contributed by atoms with Gasteiger partial charge in [0.25, 0.3) is 0 Å². The fraction of sp³-hybridized carbons (Fsp3) is 0.250. The Bertz CT molecular complexity index is 473. The summed E-state index contributed by atoms with van der Waals surface area (Å²) < 4.78 is 69.1. The molecule has 0 radical (unpaired) electrons. The number of aliphatic hydroxyl groups is 1. The van der Waals surface area contributed by atoms with Gasteiger partial charge in [-0.2, -0.15) is 0 Å². The lowest BCUT2D eigenvalue weighted by Gasteiger charge is -1.98. The molecule has 0 saturated carbocycles. The molecule has 1 N–H and O–H groups in total. The van der Waals surface area contributed by atoms with E-state index in [4.69, 9.17) is 12.3 Å². The maximum atomic E-state index is 9.20. The second-order valence-electron chi connectivity index (χ2n) is 1.42. The highest BCUT2D eigenvalue weighted by molar-refractivity contribution is 5.26. The second-order valence-corrected chi connectivity index (χ2v) is 1.42. The van der Waals surface area contributed by atoms with Crippen molar-refractivity contribution in [3.63, 3.8) is 0 Å². The van der Waals surface area contributed by atoms with Crippen LogP contribution in [0, 0.1) is 0 Å². The summed E-state index contributed by atoms with van der Waals surface area (Å²) in [6.45, 7) is -3.09. The Balaban J connectivity index is 3.57. The minimum Gasteiger partial charge on any atom is -0.497 e. The smallest absolute Gasteiger partial charge is 0.118 e. The minimum atomic E-state index is -3.09. The highest BCUT2D eigenvalue weighted by Gasteiger charge is 1.89. The lowest BCUT2D eigenvalue weighted by atomic mass is 10.2. The number of hydrogen-bond acceptors (Lipinski definition) is 2. The van der Waals surface area contributed by atoms with E-state index in [1.807, 2.05) is 0 Å². The van der Waals surface area contributed by atoms with Crippen molar-refractivity contribution in [1.82, 2.24) is 0 Å². The average Bonchev–Trinajstić information content (AvgIpc) is 2.18. The minimum absolute atomic E-state index is 0.817. The molecular weight excluding hydrogens is 128 g/mol. The van der Waals surface area contributed by atoms with E-state index in [1.165, 1.54) is 0 Å². The fourth-order valence-corrected chi connectivity index (χ4v) is 0.408. The van der Waals surface area contributed by atoms with Crippen molar-refractivity contribution in [2.24, 2.45) is 0 Å². The van der Waals surface area contributed by atoms with E-state index in [0.29, 0.717) is 0 Å². The van der Waals surface area contributed by atoms with Gasteiger partial charge in [-0.1, -0.05) is 12.1 Å². The molecule has 0 spiro atoms. The molecule has 0 bridgehead atoms. The quantitative estimate of drug-likeness (QED) is 0.680. The standard InChI is InChI=1S/C8H10O2/c1-10-8-4-2-7(6-9)3-5-8/h2-5,9H,6H2,1H3/i1D3,2D,3D,4D,5D,6D2. The Hall–Kier alpha value is -1.02. The van der Waals surface area contributed by atoms with Crippen LogP contribution in [0.1, 0.15) is 17.9 Å². The van der Waals surface area contributed by atoms with Crippen LogP contribution in [-0.4, -0.2) is 12.1 Å². The van der Waals surface area contributed by atoms with Crippen LogP contribution >= 0.6 is 0 Å². The molecule has 0 saturated heterocycles.